The molecule has 2 heteroatoms. The first-order chi connectivity index (χ1) is 7.66. The van der Waals surface area contributed by atoms with Crippen LogP contribution in [0, 0.1) is 0 Å². The molecule has 0 fully saturated rings. The topological polar surface area (TPSA) is 28.7 Å². The van der Waals surface area contributed by atoms with Gasteiger partial charge in [0.1, 0.15) is 5.82 Å². The molecule has 0 bridgehead atoms. The molecule has 0 radical (unpaired) electrons. The number of rotatable bonds is 3. The van der Waals surface area contributed by atoms with Gasteiger partial charge in [0.2, 0.25) is 0 Å². The van der Waals surface area contributed by atoms with Crippen molar-refractivity contribution in [2.24, 2.45) is 0 Å². The molecule has 0 amide bonds. The lowest BCUT2D eigenvalue weighted by atomic mass is 9.82. The molecule has 2 nitrogen and oxygen atoms in total. The molecular weight excluding hydrogens is 208 g/mol. The van der Waals surface area contributed by atoms with Crippen molar-refractivity contribution in [3.63, 3.8) is 0 Å². The average molecular weight is 236 g/mol. The maximum Gasteiger partial charge on any atom is 0.106 e. The fourth-order valence-corrected chi connectivity index (χ4v) is 1.97. The van der Waals surface area contributed by atoms with Gasteiger partial charge in [0.25, 0.3) is 0 Å². The number of nitrogens with zero attached hydrogens (tertiary/aromatic N) is 1. The van der Waals surface area contributed by atoms with Crippen molar-refractivity contribution in [2.75, 3.05) is 0 Å². The number of imidazole rings is 1. The van der Waals surface area contributed by atoms with Crippen molar-refractivity contribution in [3.8, 4) is 0 Å². The summed E-state index contributed by atoms with van der Waals surface area (Å²) in [5.74, 6) is 1.15. The van der Waals surface area contributed by atoms with Gasteiger partial charge < -0.3 is 4.98 Å². The number of aryl methyl sites for hydroxylation is 1. The van der Waals surface area contributed by atoms with E-state index in [0.717, 1.165) is 12.2 Å². The lowest BCUT2D eigenvalue weighted by Crippen LogP contribution is -2.21. The average Bonchev–Trinajstić information content (AvgIpc) is 2.57. The number of unbranched alkanes of at least 4 members (excludes halogenated alkanes) is 1. The molecule has 0 saturated heterocycles. The Morgan fingerprint density at radius 3 is 1.94 bits per heavy atom. The molecule has 0 aliphatic rings. The van der Waals surface area contributed by atoms with E-state index in [0.29, 0.717) is 0 Å². The van der Waals surface area contributed by atoms with Crippen LogP contribution in [0.2, 0.25) is 0 Å². The van der Waals surface area contributed by atoms with E-state index in [1.165, 1.54) is 24.2 Å². The molecule has 98 valence electrons. The zero-order valence-corrected chi connectivity index (χ0v) is 12.6. The van der Waals surface area contributed by atoms with Crippen LogP contribution in [0.4, 0.5) is 0 Å². The SMILES string of the molecule is CCCCc1nc(C(C)(C)C)c(C(C)(C)C)[nH]1. The summed E-state index contributed by atoms with van der Waals surface area (Å²) in [6.45, 7) is 15.7. The maximum absolute atomic E-state index is 4.83. The second-order valence-electron chi connectivity index (χ2n) is 7.01. The van der Waals surface area contributed by atoms with Crippen LogP contribution in [0.3, 0.4) is 0 Å². The van der Waals surface area contributed by atoms with Crippen LogP contribution < -0.4 is 0 Å². The minimum absolute atomic E-state index is 0.115. The molecule has 1 aromatic heterocycles. The fraction of sp³-hybridized carbons (Fsp3) is 0.800. The fourth-order valence-electron chi connectivity index (χ4n) is 1.97. The number of hydrogen-bond donors (Lipinski definition) is 1. The van der Waals surface area contributed by atoms with Crippen molar-refractivity contribution in [2.45, 2.75) is 78.6 Å². The number of aromatic amines is 1. The Hall–Kier alpha value is -0.790. The van der Waals surface area contributed by atoms with Crippen LogP contribution in [-0.2, 0) is 17.3 Å². The smallest absolute Gasteiger partial charge is 0.106 e. The minimum Gasteiger partial charge on any atom is -0.345 e. The van der Waals surface area contributed by atoms with E-state index in [2.05, 4.69) is 53.5 Å². The van der Waals surface area contributed by atoms with Gasteiger partial charge in [-0.2, -0.15) is 0 Å². The summed E-state index contributed by atoms with van der Waals surface area (Å²) in [6.07, 6.45) is 3.49. The molecule has 0 spiro atoms. The Morgan fingerprint density at radius 2 is 1.59 bits per heavy atom. The van der Waals surface area contributed by atoms with Crippen LogP contribution in [0.15, 0.2) is 0 Å². The van der Waals surface area contributed by atoms with Gasteiger partial charge in [0.15, 0.2) is 0 Å². The largest absolute Gasteiger partial charge is 0.345 e. The molecular formula is C15H28N2. The second kappa shape index (κ2) is 4.83. The van der Waals surface area contributed by atoms with Crippen LogP contribution in [0.5, 0.6) is 0 Å². The summed E-state index contributed by atoms with van der Waals surface area (Å²) in [5.41, 5.74) is 2.79. The zero-order valence-electron chi connectivity index (χ0n) is 12.6. The van der Waals surface area contributed by atoms with E-state index in [4.69, 9.17) is 4.98 Å². The first-order valence-electron chi connectivity index (χ1n) is 6.76. The number of nitrogens with one attached hydrogen (secondary N) is 1. The van der Waals surface area contributed by atoms with E-state index in [9.17, 15) is 0 Å². The molecule has 1 rings (SSSR count). The highest BCUT2D eigenvalue weighted by molar-refractivity contribution is 5.28. The van der Waals surface area contributed by atoms with Crippen molar-refractivity contribution in [3.05, 3.63) is 17.2 Å². The minimum atomic E-state index is 0.115. The predicted octanol–water partition coefficient (Wildman–Crippen LogP) is 4.35. The van der Waals surface area contributed by atoms with Crippen LogP contribution >= 0.6 is 0 Å². The van der Waals surface area contributed by atoms with Gasteiger partial charge in [-0.25, -0.2) is 4.98 Å². The number of H-pyrrole nitrogens is 1. The van der Waals surface area contributed by atoms with Gasteiger partial charge in [0, 0.05) is 22.9 Å². The third-order valence-corrected chi connectivity index (χ3v) is 2.98. The van der Waals surface area contributed by atoms with Crippen LogP contribution in [0.1, 0.15) is 78.5 Å². The summed E-state index contributed by atoms with van der Waals surface area (Å²) < 4.78 is 0. The van der Waals surface area contributed by atoms with Crippen LogP contribution in [0.25, 0.3) is 0 Å². The Bertz CT molecular complexity index is 330. The Kier molecular flexibility index (Phi) is 4.06. The van der Waals surface area contributed by atoms with Gasteiger partial charge in [0.05, 0.1) is 5.69 Å². The summed E-state index contributed by atoms with van der Waals surface area (Å²) >= 11 is 0. The monoisotopic (exact) mass is 236 g/mol. The predicted molar refractivity (Wildman–Crippen MR) is 74.6 cm³/mol. The van der Waals surface area contributed by atoms with Crippen molar-refractivity contribution in [1.82, 2.24) is 9.97 Å². The first-order valence-corrected chi connectivity index (χ1v) is 6.76. The Labute approximate surface area is 106 Å². The highest BCUT2D eigenvalue weighted by Crippen LogP contribution is 2.32. The van der Waals surface area contributed by atoms with Gasteiger partial charge in [-0.3, -0.25) is 0 Å². The van der Waals surface area contributed by atoms with Crippen molar-refractivity contribution in [1.29, 1.82) is 0 Å². The molecule has 0 aliphatic carbocycles. The molecule has 0 aliphatic heterocycles. The van der Waals surface area contributed by atoms with E-state index in [1.54, 1.807) is 0 Å². The molecule has 0 saturated carbocycles. The highest BCUT2D eigenvalue weighted by atomic mass is 15.0. The lowest BCUT2D eigenvalue weighted by molar-refractivity contribution is 0.512. The Morgan fingerprint density at radius 1 is 1.00 bits per heavy atom. The Balaban J connectivity index is 3.13. The quantitative estimate of drug-likeness (QED) is 0.830. The van der Waals surface area contributed by atoms with E-state index >= 15 is 0 Å². The highest BCUT2D eigenvalue weighted by Gasteiger charge is 2.28. The van der Waals surface area contributed by atoms with Crippen molar-refractivity contribution < 1.29 is 0 Å². The lowest BCUT2D eigenvalue weighted by Gasteiger charge is -2.24. The first kappa shape index (κ1) is 14.3. The summed E-state index contributed by atoms with van der Waals surface area (Å²) in [7, 11) is 0. The second-order valence-corrected chi connectivity index (χ2v) is 7.01. The third-order valence-electron chi connectivity index (χ3n) is 2.98. The van der Waals surface area contributed by atoms with Gasteiger partial charge >= 0.3 is 0 Å². The molecule has 1 N–H and O–H groups in total. The third kappa shape index (κ3) is 3.58. The molecule has 1 aromatic rings. The van der Waals surface area contributed by atoms with E-state index in [-0.39, 0.29) is 10.8 Å². The van der Waals surface area contributed by atoms with E-state index < -0.39 is 0 Å². The zero-order chi connectivity index (χ0) is 13.3. The molecule has 1 heterocycles. The summed E-state index contributed by atoms with van der Waals surface area (Å²) in [6, 6.07) is 0. The standard InChI is InChI=1S/C15H28N2/c1-8-9-10-11-16-12(14(2,3)4)13(17-11)15(5,6)7/h8-10H2,1-7H3,(H,16,17). The summed E-state index contributed by atoms with van der Waals surface area (Å²) in [4.78, 5) is 8.38. The number of aromatic nitrogens is 2. The number of hydrogen-bond acceptors (Lipinski definition) is 1. The molecule has 0 unspecified atom stereocenters. The van der Waals surface area contributed by atoms with Crippen LogP contribution in [-0.4, -0.2) is 9.97 Å². The van der Waals surface area contributed by atoms with Gasteiger partial charge in [-0.1, -0.05) is 54.9 Å². The molecule has 0 aromatic carbocycles. The van der Waals surface area contributed by atoms with Gasteiger partial charge in [-0.05, 0) is 6.42 Å². The van der Waals surface area contributed by atoms with E-state index in [1.807, 2.05) is 0 Å². The normalized spacial score (nSPS) is 13.1. The van der Waals surface area contributed by atoms with Gasteiger partial charge in [-0.15, -0.1) is 0 Å². The molecule has 0 atom stereocenters. The maximum atomic E-state index is 4.83. The van der Waals surface area contributed by atoms with Crippen molar-refractivity contribution >= 4 is 0 Å². The summed E-state index contributed by atoms with van der Waals surface area (Å²) in [5, 5.41) is 0. The molecule has 17 heavy (non-hydrogen) atoms.